The highest BCUT2D eigenvalue weighted by Crippen LogP contribution is 2.23. The third-order valence-corrected chi connectivity index (χ3v) is 5.33. The van der Waals surface area contributed by atoms with Crippen molar-refractivity contribution in [2.45, 2.75) is 33.2 Å². The number of halogens is 1. The number of rotatable bonds is 6. The summed E-state index contributed by atoms with van der Waals surface area (Å²) in [4.78, 5) is 27.7. The summed E-state index contributed by atoms with van der Waals surface area (Å²) in [6.45, 7) is 5.85. The number of anilines is 1. The van der Waals surface area contributed by atoms with Crippen molar-refractivity contribution in [1.82, 2.24) is 5.32 Å². The minimum absolute atomic E-state index is 0.0959. The van der Waals surface area contributed by atoms with E-state index in [0.717, 1.165) is 12.0 Å². The fraction of sp³-hybridized carbons (Fsp3) is 0.250. The molecule has 0 spiro atoms. The second kappa shape index (κ2) is 10.2. The van der Waals surface area contributed by atoms with Gasteiger partial charge in [-0.2, -0.15) is 0 Å². The highest BCUT2D eigenvalue weighted by atomic mass is 35.5. The molecule has 32 heavy (non-hydrogen) atoms. The van der Waals surface area contributed by atoms with Crippen molar-refractivity contribution in [3.05, 3.63) is 93.3 Å². The molecule has 1 unspecified atom stereocenters. The van der Waals surface area contributed by atoms with Gasteiger partial charge in [-0.05, 0) is 61.6 Å². The molecule has 0 aliphatic carbocycles. The Morgan fingerprint density at radius 2 is 2.06 bits per heavy atom. The maximum Gasteiger partial charge on any atom is 0.270 e. The van der Waals surface area contributed by atoms with Crippen LogP contribution in [0.25, 0.3) is 0 Å². The lowest BCUT2D eigenvalue weighted by Gasteiger charge is -2.19. The standard InChI is InChI=1S/C24H25ClN4O3/c1-15-6-4-9-22(25)28-23(12-15)26-17(3)18-7-5-8-19(13-18)27-24(30)21-14-20(29(31)32)11-10-16(21)2/h4-5,7-15,17,26H,6H2,1-3H3,(H,27,30)/b9-4+,23-12-,28-22+/t15?,17-/m0/s1. The third-order valence-electron chi connectivity index (χ3n) is 5.12. The summed E-state index contributed by atoms with van der Waals surface area (Å²) in [5.41, 5.74) is 2.34. The van der Waals surface area contributed by atoms with Gasteiger partial charge in [0.15, 0.2) is 0 Å². The first-order chi connectivity index (χ1) is 15.2. The van der Waals surface area contributed by atoms with Crippen LogP contribution in [0.4, 0.5) is 11.4 Å². The molecule has 8 heteroatoms. The quantitative estimate of drug-likeness (QED) is 0.422. The number of nitrogens with zero attached hydrogens (tertiary/aromatic N) is 2. The molecule has 0 fully saturated rings. The van der Waals surface area contributed by atoms with Gasteiger partial charge in [0, 0.05) is 23.4 Å². The normalized spacial score (nSPS) is 21.1. The topological polar surface area (TPSA) is 96.6 Å². The van der Waals surface area contributed by atoms with E-state index in [4.69, 9.17) is 11.6 Å². The fourth-order valence-electron chi connectivity index (χ4n) is 3.35. The van der Waals surface area contributed by atoms with Gasteiger partial charge in [-0.25, -0.2) is 4.99 Å². The van der Waals surface area contributed by atoms with Crippen LogP contribution < -0.4 is 10.6 Å². The maximum atomic E-state index is 12.8. The van der Waals surface area contributed by atoms with Crippen LogP contribution in [0.1, 0.15) is 47.8 Å². The Kier molecular flexibility index (Phi) is 7.43. The Labute approximate surface area is 192 Å². The largest absolute Gasteiger partial charge is 0.364 e. The van der Waals surface area contributed by atoms with Crippen LogP contribution >= 0.6 is 11.6 Å². The molecule has 1 heterocycles. The number of nitro benzene ring substituents is 1. The number of non-ortho nitro benzene ring substituents is 1. The van der Waals surface area contributed by atoms with E-state index in [9.17, 15) is 14.9 Å². The first kappa shape index (κ1) is 23.2. The SMILES string of the molecule is Cc1ccc([N+](=O)[O-])cc1C(=O)Nc1cccc([C@H](C)NC2=C/C(C)C/C=C/C(Cl)=N\2)c1. The predicted octanol–water partition coefficient (Wildman–Crippen LogP) is 5.88. The molecule has 2 aromatic rings. The second-order valence-electron chi connectivity index (χ2n) is 7.80. The molecule has 1 aliphatic heterocycles. The van der Waals surface area contributed by atoms with Crippen molar-refractivity contribution in [2.24, 2.45) is 10.9 Å². The van der Waals surface area contributed by atoms with Crippen LogP contribution in [0.5, 0.6) is 0 Å². The molecule has 7 nitrogen and oxygen atoms in total. The molecule has 1 amide bonds. The smallest absolute Gasteiger partial charge is 0.270 e. The lowest BCUT2D eigenvalue weighted by Crippen LogP contribution is -2.19. The number of amides is 1. The Hall–Kier alpha value is -3.45. The minimum Gasteiger partial charge on any atom is -0.364 e. The van der Waals surface area contributed by atoms with Crippen molar-refractivity contribution >= 4 is 34.1 Å². The first-order valence-corrected chi connectivity index (χ1v) is 10.7. The van der Waals surface area contributed by atoms with Crippen molar-refractivity contribution in [3.63, 3.8) is 0 Å². The highest BCUT2D eigenvalue weighted by molar-refractivity contribution is 6.68. The molecule has 166 valence electrons. The Balaban J connectivity index is 1.77. The average molecular weight is 453 g/mol. The van der Waals surface area contributed by atoms with Crippen LogP contribution in [0.2, 0.25) is 0 Å². The summed E-state index contributed by atoms with van der Waals surface area (Å²) >= 11 is 6.14. The number of aliphatic imine (C=N–C) groups is 1. The number of aryl methyl sites for hydroxylation is 1. The van der Waals surface area contributed by atoms with Crippen LogP contribution in [-0.2, 0) is 0 Å². The number of hydrogen-bond acceptors (Lipinski definition) is 5. The number of nitrogens with one attached hydrogen (secondary N) is 2. The van der Waals surface area contributed by atoms with Crippen LogP contribution in [0.15, 0.2) is 71.5 Å². The van der Waals surface area contributed by atoms with Crippen molar-refractivity contribution < 1.29 is 9.72 Å². The monoisotopic (exact) mass is 452 g/mol. The van der Waals surface area contributed by atoms with Gasteiger partial charge < -0.3 is 10.6 Å². The van der Waals surface area contributed by atoms with Crippen molar-refractivity contribution in [2.75, 3.05) is 5.32 Å². The van der Waals surface area contributed by atoms with Gasteiger partial charge in [-0.15, -0.1) is 0 Å². The number of carbonyl (C=O) groups excluding carboxylic acids is 1. The molecular weight excluding hydrogens is 428 g/mol. The number of carbonyl (C=O) groups is 1. The van der Waals surface area contributed by atoms with Gasteiger partial charge in [0.25, 0.3) is 11.6 Å². The zero-order valence-electron chi connectivity index (χ0n) is 18.1. The molecule has 0 saturated carbocycles. The molecular formula is C24H25ClN4O3. The molecule has 2 atom stereocenters. The van der Waals surface area contributed by atoms with Crippen molar-refractivity contribution in [3.8, 4) is 0 Å². The highest BCUT2D eigenvalue weighted by Gasteiger charge is 2.16. The summed E-state index contributed by atoms with van der Waals surface area (Å²) in [5.74, 6) is 0.614. The molecule has 3 rings (SSSR count). The molecule has 0 bridgehead atoms. The summed E-state index contributed by atoms with van der Waals surface area (Å²) in [7, 11) is 0. The van der Waals surface area contributed by atoms with Crippen LogP contribution in [-0.4, -0.2) is 16.0 Å². The minimum atomic E-state index is -0.514. The van der Waals surface area contributed by atoms with Gasteiger partial charge in [-0.1, -0.05) is 42.8 Å². The van der Waals surface area contributed by atoms with E-state index in [1.165, 1.54) is 12.1 Å². The Morgan fingerprint density at radius 1 is 1.28 bits per heavy atom. The summed E-state index contributed by atoms with van der Waals surface area (Å²) < 4.78 is 0. The zero-order valence-corrected chi connectivity index (χ0v) is 18.9. The number of nitro groups is 1. The van der Waals surface area contributed by atoms with Gasteiger partial charge in [0.2, 0.25) is 0 Å². The number of benzene rings is 2. The van der Waals surface area contributed by atoms with E-state index in [0.29, 0.717) is 28.2 Å². The van der Waals surface area contributed by atoms with Gasteiger partial charge in [0.1, 0.15) is 11.0 Å². The first-order valence-electron chi connectivity index (χ1n) is 10.3. The Morgan fingerprint density at radius 3 is 2.81 bits per heavy atom. The van der Waals surface area contributed by atoms with E-state index in [1.54, 1.807) is 25.1 Å². The number of allylic oxidation sites excluding steroid dienone is 3. The summed E-state index contributed by atoms with van der Waals surface area (Å²) in [6.07, 6.45) is 6.72. The predicted molar refractivity (Wildman–Crippen MR) is 128 cm³/mol. The lowest BCUT2D eigenvalue weighted by molar-refractivity contribution is -0.384. The van der Waals surface area contributed by atoms with Gasteiger partial charge in [-0.3, -0.25) is 14.9 Å². The van der Waals surface area contributed by atoms with E-state index in [-0.39, 0.29) is 17.3 Å². The molecule has 0 saturated heterocycles. The van der Waals surface area contributed by atoms with E-state index < -0.39 is 10.8 Å². The van der Waals surface area contributed by atoms with E-state index in [1.807, 2.05) is 37.3 Å². The van der Waals surface area contributed by atoms with Crippen LogP contribution in [0, 0.1) is 23.0 Å². The number of hydrogen-bond donors (Lipinski definition) is 2. The average Bonchev–Trinajstić information content (AvgIpc) is 2.72. The van der Waals surface area contributed by atoms with Crippen LogP contribution in [0.3, 0.4) is 0 Å². The molecule has 2 N–H and O–H groups in total. The molecule has 0 radical (unpaired) electrons. The van der Waals surface area contributed by atoms with Crippen molar-refractivity contribution in [1.29, 1.82) is 0 Å². The zero-order chi connectivity index (χ0) is 23.3. The Bertz CT molecular complexity index is 1120. The summed E-state index contributed by atoms with van der Waals surface area (Å²) in [5, 5.41) is 17.7. The van der Waals surface area contributed by atoms with E-state index in [2.05, 4.69) is 22.5 Å². The second-order valence-corrected chi connectivity index (χ2v) is 8.19. The van der Waals surface area contributed by atoms with Gasteiger partial charge in [0.05, 0.1) is 11.0 Å². The van der Waals surface area contributed by atoms with Gasteiger partial charge >= 0.3 is 0 Å². The molecule has 0 aromatic heterocycles. The molecule has 2 aromatic carbocycles. The maximum absolute atomic E-state index is 12.8. The third kappa shape index (κ3) is 6.04. The fourth-order valence-corrected chi connectivity index (χ4v) is 3.53. The summed E-state index contributed by atoms with van der Waals surface area (Å²) in [6, 6.07) is 11.6. The molecule has 1 aliphatic rings. The van der Waals surface area contributed by atoms with E-state index >= 15 is 0 Å². The lowest BCUT2D eigenvalue weighted by atomic mass is 10.0.